The van der Waals surface area contributed by atoms with Crippen molar-refractivity contribution in [3.63, 3.8) is 0 Å². The van der Waals surface area contributed by atoms with Crippen molar-refractivity contribution in [1.29, 1.82) is 0 Å². The van der Waals surface area contributed by atoms with Crippen molar-refractivity contribution in [3.05, 3.63) is 0 Å². The van der Waals surface area contributed by atoms with E-state index in [0.717, 1.165) is 0 Å². The van der Waals surface area contributed by atoms with E-state index in [0.29, 0.717) is 0 Å². The molecule has 188 valence electrons. The summed E-state index contributed by atoms with van der Waals surface area (Å²) in [6.07, 6.45) is -14.1. The molecule has 0 spiro atoms. The van der Waals surface area contributed by atoms with E-state index in [1.165, 1.54) is 13.8 Å². The maximum Gasteiger partial charge on any atom is 2.00 e. The van der Waals surface area contributed by atoms with Gasteiger partial charge in [0.2, 0.25) is 0 Å². The summed E-state index contributed by atoms with van der Waals surface area (Å²) in [5.74, 6) is -3.40. The number of aliphatic hydroxyl groups excluding tert-OH is 8. The Balaban J connectivity index is -0.000000490. The smallest absolute Gasteiger partial charge is 0.547 e. The molecule has 0 saturated heterocycles. The van der Waals surface area contributed by atoms with Gasteiger partial charge in [-0.05, 0) is 13.8 Å². The zero-order chi connectivity index (χ0) is 24.0. The number of aliphatic hydroxyl groups is 8. The van der Waals surface area contributed by atoms with Crippen LogP contribution in [0.25, 0.3) is 0 Å². The predicted octanol–water partition coefficient (Wildman–Crippen LogP) is -7.57. The minimum atomic E-state index is -1.86. The van der Waals surface area contributed by atoms with Crippen LogP contribution in [0.3, 0.4) is 0 Å². The first-order chi connectivity index (χ1) is 13.9. The standard InChI is InChI=1S/2C8H16O7.Ni/c2*1-2-15-7(8(13)14)6(12)5(11)4(10)3-9;/h2*4-7,9-12H,2-3H2,1H3,(H,13,14);/q;;+2/p-2. The van der Waals surface area contributed by atoms with E-state index in [2.05, 4.69) is 9.47 Å². The molecular weight excluding hydrogens is 475 g/mol. The molecule has 0 aliphatic heterocycles. The first kappa shape index (κ1) is 34.6. The molecule has 0 aliphatic carbocycles. The molecule has 0 aromatic rings. The van der Waals surface area contributed by atoms with Gasteiger partial charge < -0.3 is 70.1 Å². The maximum absolute atomic E-state index is 10.5. The van der Waals surface area contributed by atoms with Crippen molar-refractivity contribution in [2.24, 2.45) is 0 Å². The fourth-order valence-electron chi connectivity index (χ4n) is 2.00. The van der Waals surface area contributed by atoms with Crippen LogP contribution in [0.2, 0.25) is 0 Å². The van der Waals surface area contributed by atoms with Crippen LogP contribution in [-0.2, 0) is 35.6 Å². The Hall–Kier alpha value is -0.966. The first-order valence-corrected chi connectivity index (χ1v) is 8.85. The number of carbonyl (C=O) groups is 2. The summed E-state index contributed by atoms with van der Waals surface area (Å²) >= 11 is 0. The minimum Gasteiger partial charge on any atom is -0.547 e. The molecule has 0 fully saturated rings. The second-order valence-electron chi connectivity index (χ2n) is 5.85. The molecule has 0 radical (unpaired) electrons. The molecule has 0 aromatic carbocycles. The summed E-state index contributed by atoms with van der Waals surface area (Å²) < 4.78 is 9.23. The van der Waals surface area contributed by atoms with Crippen molar-refractivity contribution in [2.45, 2.75) is 62.7 Å². The molecule has 8 N–H and O–H groups in total. The normalized spacial score (nSPS) is 18.6. The quantitative estimate of drug-likeness (QED) is 0.102. The number of carboxylic acids is 2. The molecule has 14 nitrogen and oxygen atoms in total. The molecule has 31 heavy (non-hydrogen) atoms. The van der Waals surface area contributed by atoms with Crippen LogP contribution in [0.1, 0.15) is 13.8 Å². The van der Waals surface area contributed by atoms with Gasteiger partial charge in [-0.1, -0.05) is 0 Å². The SMILES string of the molecule is CCOC(C(=O)[O-])C(O)C(O)C(O)CO.CCOC(C(=O)[O-])C(O)C(O)C(O)CO.[Ni+2]. The number of aliphatic carboxylic acids is 2. The number of hydrogen-bond donors (Lipinski definition) is 8. The molecule has 15 heteroatoms. The maximum atomic E-state index is 10.5. The van der Waals surface area contributed by atoms with Crippen molar-refractivity contribution in [2.75, 3.05) is 26.4 Å². The average molecular weight is 505 g/mol. The van der Waals surface area contributed by atoms with Crippen LogP contribution in [0.15, 0.2) is 0 Å². The molecule has 8 atom stereocenters. The minimum absolute atomic E-state index is 0. The van der Waals surface area contributed by atoms with Gasteiger partial charge in [0.1, 0.15) is 48.8 Å². The van der Waals surface area contributed by atoms with Crippen LogP contribution in [0.5, 0.6) is 0 Å². The third-order valence-corrected chi connectivity index (χ3v) is 3.64. The Bertz CT molecular complexity index is 439. The van der Waals surface area contributed by atoms with Crippen molar-refractivity contribution >= 4 is 11.9 Å². The van der Waals surface area contributed by atoms with Crippen LogP contribution in [0, 0.1) is 0 Å². The zero-order valence-corrected chi connectivity index (χ0v) is 17.8. The number of hydrogen-bond acceptors (Lipinski definition) is 14. The monoisotopic (exact) mass is 504 g/mol. The molecule has 0 bridgehead atoms. The third-order valence-electron chi connectivity index (χ3n) is 3.64. The number of ether oxygens (including phenoxy) is 2. The van der Waals surface area contributed by atoms with Gasteiger partial charge >= 0.3 is 16.5 Å². The molecule has 0 heterocycles. The van der Waals surface area contributed by atoms with Gasteiger partial charge in [0.15, 0.2) is 0 Å². The number of carboxylic acid groups (broad SMARTS) is 2. The van der Waals surface area contributed by atoms with Gasteiger partial charge in [-0.2, -0.15) is 0 Å². The van der Waals surface area contributed by atoms with Crippen LogP contribution in [0.4, 0.5) is 0 Å². The molecule has 0 aliphatic rings. The largest absolute Gasteiger partial charge is 2.00 e. The van der Waals surface area contributed by atoms with Gasteiger partial charge in [-0.3, -0.25) is 0 Å². The van der Waals surface area contributed by atoms with Gasteiger partial charge in [0.05, 0.1) is 25.2 Å². The molecular formula is C16H30NiO14. The molecule has 8 unspecified atom stereocenters. The summed E-state index contributed by atoms with van der Waals surface area (Å²) in [6, 6.07) is 0. The summed E-state index contributed by atoms with van der Waals surface area (Å²) in [7, 11) is 0. The third kappa shape index (κ3) is 12.6. The Kier molecular flexibility index (Phi) is 20.8. The van der Waals surface area contributed by atoms with E-state index in [1.54, 1.807) is 0 Å². The number of carbonyl (C=O) groups excluding carboxylic acids is 2. The fourth-order valence-corrected chi connectivity index (χ4v) is 2.00. The Labute approximate surface area is 188 Å². The van der Waals surface area contributed by atoms with Crippen molar-refractivity contribution in [3.8, 4) is 0 Å². The van der Waals surface area contributed by atoms with E-state index >= 15 is 0 Å². The molecule has 0 amide bonds. The average Bonchev–Trinajstić information content (AvgIpc) is 2.72. The second kappa shape index (κ2) is 18.6. The van der Waals surface area contributed by atoms with Crippen molar-refractivity contribution in [1.82, 2.24) is 0 Å². The fraction of sp³-hybridized carbons (Fsp3) is 0.875. The van der Waals surface area contributed by atoms with E-state index < -0.39 is 74.0 Å². The zero-order valence-electron chi connectivity index (χ0n) is 16.8. The summed E-state index contributed by atoms with van der Waals surface area (Å²) in [4.78, 5) is 21.0. The summed E-state index contributed by atoms with van der Waals surface area (Å²) in [5.41, 5.74) is 0. The van der Waals surface area contributed by atoms with E-state index in [4.69, 9.17) is 20.4 Å². The molecule has 0 saturated carbocycles. The van der Waals surface area contributed by atoms with Gasteiger partial charge in [0, 0.05) is 13.2 Å². The topological polar surface area (TPSA) is 261 Å². The van der Waals surface area contributed by atoms with Crippen LogP contribution >= 0.6 is 0 Å². The van der Waals surface area contributed by atoms with Gasteiger partial charge in [-0.25, -0.2) is 0 Å². The Morgan fingerprint density at radius 2 is 0.935 bits per heavy atom. The second-order valence-corrected chi connectivity index (χ2v) is 5.85. The van der Waals surface area contributed by atoms with Crippen molar-refractivity contribution < 1.29 is 86.6 Å². The van der Waals surface area contributed by atoms with E-state index in [1.807, 2.05) is 0 Å². The molecule has 0 rings (SSSR count). The Morgan fingerprint density at radius 3 is 1.10 bits per heavy atom. The van der Waals surface area contributed by atoms with Gasteiger partial charge in [0.25, 0.3) is 0 Å². The summed E-state index contributed by atoms with van der Waals surface area (Å²) in [5, 5.41) is 92.9. The molecule has 0 aromatic heterocycles. The Morgan fingerprint density at radius 1 is 0.677 bits per heavy atom. The van der Waals surface area contributed by atoms with E-state index in [9.17, 15) is 40.2 Å². The first-order valence-electron chi connectivity index (χ1n) is 8.85. The van der Waals surface area contributed by atoms with E-state index in [-0.39, 0.29) is 29.7 Å². The summed E-state index contributed by atoms with van der Waals surface area (Å²) in [6.45, 7) is 1.39. The van der Waals surface area contributed by atoms with Gasteiger partial charge in [-0.15, -0.1) is 0 Å². The van der Waals surface area contributed by atoms with Crippen LogP contribution in [-0.4, -0.2) is 128 Å². The number of rotatable bonds is 14. The predicted molar refractivity (Wildman–Crippen MR) is 91.1 cm³/mol. The van der Waals surface area contributed by atoms with Crippen LogP contribution < -0.4 is 10.2 Å².